The van der Waals surface area contributed by atoms with E-state index in [1.165, 1.54) is 6.20 Å². The first-order valence-corrected chi connectivity index (χ1v) is 12.5. The van der Waals surface area contributed by atoms with Crippen LogP contribution in [0.5, 0.6) is 0 Å². The van der Waals surface area contributed by atoms with Crippen LogP contribution in [0, 0.1) is 0 Å². The number of aliphatic hydroxyl groups is 3. The Morgan fingerprint density at radius 2 is 1.30 bits per heavy atom. The van der Waals surface area contributed by atoms with Crippen molar-refractivity contribution in [3.05, 3.63) is 32.6 Å². The van der Waals surface area contributed by atoms with Gasteiger partial charge in [-0.2, -0.15) is 0 Å². The molecule has 2 rings (SSSR count). The summed E-state index contributed by atoms with van der Waals surface area (Å²) in [5, 5.41) is 27.5. The van der Waals surface area contributed by atoms with E-state index in [1.54, 1.807) is 0 Å². The van der Waals surface area contributed by atoms with E-state index in [2.05, 4.69) is 4.98 Å². The lowest BCUT2D eigenvalue weighted by atomic mass is 10.2. The molecule has 33 heavy (non-hydrogen) atoms. The Morgan fingerprint density at radius 3 is 1.61 bits per heavy atom. The van der Waals surface area contributed by atoms with Crippen LogP contribution in [0.3, 0.4) is 0 Å². The van der Waals surface area contributed by atoms with Gasteiger partial charge in [0.05, 0.1) is 24.9 Å². The highest BCUT2D eigenvalue weighted by Gasteiger charge is 2.35. The summed E-state index contributed by atoms with van der Waals surface area (Å²) >= 11 is 0. The normalized spacial score (nSPS) is 20.4. The summed E-state index contributed by atoms with van der Waals surface area (Å²) in [4.78, 5) is 89.6. The molecular weight excluding hydrogens is 529 g/mol. The predicted molar refractivity (Wildman–Crippen MR) is 102 cm³/mol. The van der Waals surface area contributed by atoms with Gasteiger partial charge < -0.3 is 64.1 Å². The van der Waals surface area contributed by atoms with Crippen molar-refractivity contribution in [2.24, 2.45) is 0 Å². The molecular formula is C10H23N2O18P3. The maximum absolute atomic E-state index is 11.6. The number of aliphatic hydroxyl groups excluding tert-OH is 3. The first-order valence-electron chi connectivity index (χ1n) is 7.81. The van der Waals surface area contributed by atoms with Crippen molar-refractivity contribution in [3.63, 3.8) is 0 Å². The molecule has 3 atom stereocenters. The number of H-pyrrole nitrogens is 1. The summed E-state index contributed by atoms with van der Waals surface area (Å²) in [6.45, 7) is -0.864. The van der Waals surface area contributed by atoms with Gasteiger partial charge in [0.25, 0.3) is 5.56 Å². The zero-order chi connectivity index (χ0) is 26.8. The van der Waals surface area contributed by atoms with Crippen molar-refractivity contribution >= 4 is 23.5 Å². The Balaban J connectivity index is 0. The van der Waals surface area contributed by atoms with E-state index in [1.807, 2.05) is 0 Å². The van der Waals surface area contributed by atoms with Crippen LogP contribution in [0.4, 0.5) is 0 Å². The predicted octanol–water partition coefficient (Wildman–Crippen LogP) is -5.12. The highest BCUT2D eigenvalue weighted by Crippen LogP contribution is 2.27. The molecule has 1 aliphatic rings. The van der Waals surface area contributed by atoms with Gasteiger partial charge in [-0.05, 0) is 0 Å². The number of hydrogen-bond donors (Lipinski definition) is 13. The summed E-state index contributed by atoms with van der Waals surface area (Å²) < 4.78 is 33.0. The Bertz CT molecular complexity index is 900. The van der Waals surface area contributed by atoms with Crippen molar-refractivity contribution in [3.8, 4) is 0 Å². The van der Waals surface area contributed by atoms with E-state index in [-0.39, 0.29) is 18.6 Å². The van der Waals surface area contributed by atoms with Gasteiger partial charge in [0, 0.05) is 12.6 Å². The van der Waals surface area contributed by atoms with Crippen LogP contribution in [0.2, 0.25) is 0 Å². The fourth-order valence-electron chi connectivity index (χ4n) is 1.90. The topological polar surface area (TPSA) is 358 Å². The van der Waals surface area contributed by atoms with Gasteiger partial charge in [-0.1, -0.05) is 0 Å². The molecule has 196 valence electrons. The third-order valence-electron chi connectivity index (χ3n) is 2.91. The van der Waals surface area contributed by atoms with Gasteiger partial charge >= 0.3 is 29.2 Å². The first kappa shape index (κ1) is 34.0. The van der Waals surface area contributed by atoms with E-state index in [9.17, 15) is 14.7 Å². The van der Waals surface area contributed by atoms with Gasteiger partial charge in [-0.3, -0.25) is 14.3 Å². The quantitative estimate of drug-likeness (QED) is 0.156. The fraction of sp³-hybridized carbons (Fsp3) is 0.600. The molecule has 0 bridgehead atoms. The molecule has 20 nitrogen and oxygen atoms in total. The summed E-state index contributed by atoms with van der Waals surface area (Å²) in [6, 6.07) is 0. The SMILES string of the molecule is O=P(O)(O)O.O=P(O)(O)O.O=P(O)(O)O.O=c1[nH]c(=O)n([C@H]2C[C@H](O)[C@@H](CO)O2)cc1CO. The molecule has 1 fully saturated rings. The number of hydrogen-bond acceptors (Lipinski definition) is 9. The fourth-order valence-corrected chi connectivity index (χ4v) is 1.90. The molecule has 0 unspecified atom stereocenters. The van der Waals surface area contributed by atoms with Crippen molar-refractivity contribution in [1.29, 1.82) is 0 Å². The molecule has 1 aliphatic heterocycles. The summed E-state index contributed by atoms with van der Waals surface area (Å²) in [7, 11) is -13.9. The zero-order valence-electron chi connectivity index (χ0n) is 16.0. The molecule has 0 amide bonds. The van der Waals surface area contributed by atoms with E-state index >= 15 is 0 Å². The maximum Gasteiger partial charge on any atom is 0.466 e. The monoisotopic (exact) mass is 552 g/mol. The molecule has 1 aromatic rings. The van der Waals surface area contributed by atoms with Crippen LogP contribution in [0.15, 0.2) is 15.8 Å². The molecule has 2 heterocycles. The number of ether oxygens (including phenoxy) is 1. The molecule has 1 saturated heterocycles. The molecule has 13 N–H and O–H groups in total. The number of aromatic nitrogens is 2. The largest absolute Gasteiger partial charge is 0.466 e. The molecule has 0 radical (unpaired) electrons. The zero-order valence-corrected chi connectivity index (χ0v) is 18.7. The second-order valence-corrected chi connectivity index (χ2v) is 8.71. The van der Waals surface area contributed by atoms with Gasteiger partial charge in [0.2, 0.25) is 0 Å². The highest BCUT2D eigenvalue weighted by molar-refractivity contribution is 7.45. The Hall–Kier alpha value is -1.15. The summed E-state index contributed by atoms with van der Waals surface area (Å²) in [5.74, 6) is 0. The molecule has 0 aromatic carbocycles. The van der Waals surface area contributed by atoms with Crippen molar-refractivity contribution in [2.75, 3.05) is 6.61 Å². The molecule has 0 aliphatic carbocycles. The average Bonchev–Trinajstić information content (AvgIpc) is 2.91. The number of rotatable bonds is 3. The molecule has 23 heteroatoms. The van der Waals surface area contributed by atoms with Gasteiger partial charge in [0.15, 0.2) is 0 Å². The van der Waals surface area contributed by atoms with E-state index < -0.39 is 59.8 Å². The third kappa shape index (κ3) is 21.1. The van der Waals surface area contributed by atoms with Crippen LogP contribution in [-0.4, -0.2) is 87.7 Å². The van der Waals surface area contributed by atoms with Crippen LogP contribution >= 0.6 is 23.5 Å². The number of aromatic amines is 1. The van der Waals surface area contributed by atoms with Crippen LogP contribution in [-0.2, 0) is 25.0 Å². The first-order chi connectivity index (χ1) is 14.6. The van der Waals surface area contributed by atoms with Gasteiger partial charge in [-0.25, -0.2) is 18.5 Å². The summed E-state index contributed by atoms with van der Waals surface area (Å²) in [5.41, 5.74) is -1.32. The number of nitrogens with zero attached hydrogens (tertiary/aromatic N) is 1. The minimum absolute atomic E-state index is 0.0279. The maximum atomic E-state index is 11.6. The third-order valence-corrected chi connectivity index (χ3v) is 2.91. The van der Waals surface area contributed by atoms with E-state index in [4.69, 9.17) is 72.7 Å². The molecule has 0 saturated carbocycles. The Morgan fingerprint density at radius 1 is 0.909 bits per heavy atom. The smallest absolute Gasteiger partial charge is 0.394 e. The molecule has 1 aromatic heterocycles. The van der Waals surface area contributed by atoms with Crippen molar-refractivity contribution < 1.29 is 77.8 Å². The van der Waals surface area contributed by atoms with Gasteiger partial charge in [0.1, 0.15) is 12.3 Å². The minimum atomic E-state index is -4.64. The number of phosphoric acid groups is 3. The van der Waals surface area contributed by atoms with Crippen molar-refractivity contribution in [1.82, 2.24) is 9.55 Å². The molecule has 0 spiro atoms. The van der Waals surface area contributed by atoms with E-state index in [0.717, 1.165) is 4.57 Å². The van der Waals surface area contributed by atoms with Gasteiger partial charge in [-0.15, -0.1) is 0 Å². The van der Waals surface area contributed by atoms with Crippen LogP contribution in [0.25, 0.3) is 0 Å². The standard InChI is InChI=1S/C10H14N2O6.3H3O4P/c13-3-5-2-12(10(17)11-9(5)16)8-1-6(15)7(4-14)18-8;3*1-5(2,3)4/h2,6-8,13-15H,1,3-4H2,(H,11,16,17);3*(H3,1,2,3,4)/t6-,7+,8+;;;/m0.../s1. The minimum Gasteiger partial charge on any atom is -0.394 e. The van der Waals surface area contributed by atoms with Crippen LogP contribution < -0.4 is 11.2 Å². The lowest BCUT2D eigenvalue weighted by Crippen LogP contribution is -2.34. The second-order valence-electron chi connectivity index (χ2n) is 5.63. The lowest BCUT2D eigenvalue weighted by molar-refractivity contribution is -0.0460. The highest BCUT2D eigenvalue weighted by atomic mass is 31.2. The Labute approximate surface area is 182 Å². The second kappa shape index (κ2) is 14.3. The van der Waals surface area contributed by atoms with Crippen molar-refractivity contribution in [2.45, 2.75) is 31.5 Å². The number of nitrogens with one attached hydrogen (secondary N) is 1. The Kier molecular flexibility index (Phi) is 14.7. The van der Waals surface area contributed by atoms with Crippen LogP contribution in [0.1, 0.15) is 18.2 Å². The lowest BCUT2D eigenvalue weighted by Gasteiger charge is -2.14. The average molecular weight is 552 g/mol. The van der Waals surface area contributed by atoms with E-state index in [0.29, 0.717) is 0 Å². The summed E-state index contributed by atoms with van der Waals surface area (Å²) in [6.07, 6.45) is -1.09.